The van der Waals surface area contributed by atoms with E-state index in [2.05, 4.69) is 42.5 Å². The molecular weight excluding hydrogens is 731 g/mol. The first-order valence-corrected chi connectivity index (χ1v) is 23.6. The summed E-state index contributed by atoms with van der Waals surface area (Å²) in [5.74, 6) is 1.03. The van der Waals surface area contributed by atoms with Crippen molar-refractivity contribution in [2.75, 3.05) is 37.5 Å². The van der Waals surface area contributed by atoms with Gasteiger partial charge in [-0.15, -0.1) is 0 Å². The summed E-state index contributed by atoms with van der Waals surface area (Å²) in [6.07, 6.45) is 18.0. The fraction of sp³-hybridized carbons (Fsp3) is 0.750. The predicted octanol–water partition coefficient (Wildman–Crippen LogP) is 9.62. The lowest BCUT2D eigenvalue weighted by Gasteiger charge is -2.61. The van der Waals surface area contributed by atoms with E-state index in [-0.39, 0.29) is 35.6 Å². The van der Waals surface area contributed by atoms with Crippen molar-refractivity contribution in [3.8, 4) is 11.4 Å². The molecule has 6 fully saturated rings. The van der Waals surface area contributed by atoms with Crippen LogP contribution in [-0.4, -0.2) is 74.4 Å². The summed E-state index contributed by atoms with van der Waals surface area (Å²) in [6.45, 7) is 10.6. The molecule has 1 N–H and O–H groups in total. The van der Waals surface area contributed by atoms with Crippen LogP contribution < -0.4 is 4.90 Å². The zero-order chi connectivity index (χ0) is 39.1. The quantitative estimate of drug-likeness (QED) is 0.193. The fourth-order valence-electron chi connectivity index (χ4n) is 12.6. The molecule has 0 amide bonds. The largest absolute Gasteiger partial charge is 0.378 e. The number of hydrogen-bond donors (Lipinski definition) is 1. The number of anilines is 1. The van der Waals surface area contributed by atoms with Crippen molar-refractivity contribution in [1.82, 2.24) is 19.5 Å². The Morgan fingerprint density at radius 1 is 0.982 bits per heavy atom. The van der Waals surface area contributed by atoms with Gasteiger partial charge in [0.1, 0.15) is 11.5 Å². The molecule has 5 saturated carbocycles. The molecule has 5 aliphatic carbocycles. The van der Waals surface area contributed by atoms with Gasteiger partial charge >= 0.3 is 0 Å². The van der Waals surface area contributed by atoms with Crippen LogP contribution >= 0.6 is 0 Å². The van der Waals surface area contributed by atoms with Crippen molar-refractivity contribution in [1.29, 1.82) is 4.78 Å². The highest BCUT2D eigenvalue weighted by Crippen LogP contribution is 2.67. The van der Waals surface area contributed by atoms with E-state index in [9.17, 15) is 13.0 Å². The summed E-state index contributed by atoms with van der Waals surface area (Å²) in [4.78, 5) is 17.2. The molecule has 306 valence electrons. The van der Waals surface area contributed by atoms with Crippen molar-refractivity contribution < 1.29 is 22.5 Å². The number of ether oxygens (including phenoxy) is 2. The van der Waals surface area contributed by atoms with E-state index in [4.69, 9.17) is 29.2 Å². The fourth-order valence-corrected chi connectivity index (χ4v) is 14.0. The van der Waals surface area contributed by atoms with Gasteiger partial charge in [0.25, 0.3) is 0 Å². The molecule has 0 spiro atoms. The third-order valence-corrected chi connectivity index (χ3v) is 18.2. The Morgan fingerprint density at radius 2 is 1.80 bits per heavy atom. The molecule has 1 saturated heterocycles. The molecule has 4 heterocycles. The van der Waals surface area contributed by atoms with Crippen LogP contribution in [0.5, 0.6) is 0 Å². The number of unbranched alkanes of at least 4 members (excludes halogenated alkanes) is 2. The zero-order valence-electron chi connectivity index (χ0n) is 33.9. The molecule has 1 unspecified atom stereocenters. The van der Waals surface area contributed by atoms with E-state index in [0.29, 0.717) is 74.4 Å². The van der Waals surface area contributed by atoms with Gasteiger partial charge in [0.2, 0.25) is 5.92 Å². The molecule has 6 aliphatic rings. The molecule has 9 nitrogen and oxygen atoms in total. The maximum Gasteiger partial charge on any atom is 0.248 e. The van der Waals surface area contributed by atoms with Crippen LogP contribution in [0.3, 0.4) is 0 Å². The second kappa shape index (κ2) is 14.2. The van der Waals surface area contributed by atoms with Gasteiger partial charge in [0.15, 0.2) is 5.82 Å². The van der Waals surface area contributed by atoms with Crippen molar-refractivity contribution in [3.05, 3.63) is 36.3 Å². The van der Waals surface area contributed by atoms with Crippen molar-refractivity contribution in [2.24, 2.45) is 34.5 Å². The van der Waals surface area contributed by atoms with Crippen LogP contribution in [0.15, 0.2) is 30.6 Å². The Kier molecular flexibility index (Phi) is 9.87. The maximum atomic E-state index is 14.4. The molecule has 56 heavy (non-hydrogen) atoms. The second-order valence-electron chi connectivity index (χ2n) is 19.3. The molecule has 3 aromatic heterocycles. The summed E-state index contributed by atoms with van der Waals surface area (Å²) in [7, 11) is -2.86. The third kappa shape index (κ3) is 6.59. The minimum absolute atomic E-state index is 0.0767. The summed E-state index contributed by atoms with van der Waals surface area (Å²) < 4.78 is 64.5. The Bertz CT molecular complexity index is 2050. The smallest absolute Gasteiger partial charge is 0.248 e. The van der Waals surface area contributed by atoms with Gasteiger partial charge < -0.3 is 18.9 Å². The van der Waals surface area contributed by atoms with Crippen molar-refractivity contribution in [3.63, 3.8) is 0 Å². The third-order valence-electron chi connectivity index (χ3n) is 16.1. The Labute approximate surface area is 332 Å². The first kappa shape index (κ1) is 38.8. The zero-order valence-corrected chi connectivity index (χ0v) is 34.7. The number of aromatic nitrogens is 4. The van der Waals surface area contributed by atoms with Crippen LogP contribution in [0.2, 0.25) is 0 Å². The second-order valence-corrected chi connectivity index (χ2v) is 21.7. The van der Waals surface area contributed by atoms with Gasteiger partial charge in [-0.1, -0.05) is 13.8 Å². The molecule has 0 aromatic carbocycles. The van der Waals surface area contributed by atoms with Gasteiger partial charge in [-0.05, 0) is 131 Å². The van der Waals surface area contributed by atoms with Gasteiger partial charge in [0.05, 0.1) is 45.5 Å². The summed E-state index contributed by atoms with van der Waals surface area (Å²) in [5, 5.41) is 0.990. The number of aryl methyl sites for hydroxylation is 1. The predicted molar refractivity (Wildman–Crippen MR) is 216 cm³/mol. The van der Waals surface area contributed by atoms with Crippen molar-refractivity contribution in [2.45, 2.75) is 140 Å². The van der Waals surface area contributed by atoms with E-state index in [1.165, 1.54) is 19.3 Å². The van der Waals surface area contributed by atoms with E-state index in [0.717, 1.165) is 74.1 Å². The molecular formula is C44H62F2N6O3S. The van der Waals surface area contributed by atoms with E-state index in [1.54, 1.807) is 6.26 Å². The normalized spacial score (nSPS) is 35.7. The molecule has 9 atom stereocenters. The highest BCUT2D eigenvalue weighted by atomic mass is 32.2. The molecule has 0 radical (unpaired) electrons. The maximum absolute atomic E-state index is 14.4. The van der Waals surface area contributed by atoms with Crippen LogP contribution in [0, 0.1) is 39.3 Å². The number of alkyl halides is 2. The summed E-state index contributed by atoms with van der Waals surface area (Å²) in [6, 6.07) is 6.19. The number of nitrogens with one attached hydrogen (secondary N) is 1. The van der Waals surface area contributed by atoms with Gasteiger partial charge in [0, 0.05) is 68.2 Å². The van der Waals surface area contributed by atoms with Gasteiger partial charge in [-0.3, -0.25) is 4.78 Å². The van der Waals surface area contributed by atoms with E-state index < -0.39 is 20.4 Å². The van der Waals surface area contributed by atoms with Gasteiger partial charge in [-0.25, -0.2) is 27.9 Å². The average molecular weight is 793 g/mol. The summed E-state index contributed by atoms with van der Waals surface area (Å²) >= 11 is 0. The van der Waals surface area contributed by atoms with Crippen LogP contribution in [0.1, 0.15) is 116 Å². The monoisotopic (exact) mass is 792 g/mol. The van der Waals surface area contributed by atoms with E-state index in [1.807, 2.05) is 18.3 Å². The van der Waals surface area contributed by atoms with Crippen LogP contribution in [0.25, 0.3) is 22.4 Å². The molecule has 12 heteroatoms. The standard InChI is InChI=1S/C44H62F2N6O3S/c1-29-28-54-25-23-52(29)38-26-36(43(17-18-43)56(4,47)53)49-39(50-38)31-13-20-48-40-32(31)14-22-51(40)21-6-5-7-24-55-37-11-10-34-33-9-8-30-27-44(45,46)19-16-41(30,2)35(33)12-15-42(34,37)3/h13-14,20,22,26,29-30,33-35,37,47H,5-12,15-19,21,23-25,27-28H2,1-4H3/t29-,30+,33+,34+,35+,37+,41+,42+,56?/m1/s1. The Balaban J connectivity index is 0.829. The highest BCUT2D eigenvalue weighted by Gasteiger charge is 2.62. The number of fused-ring (bicyclic) bond motifs is 6. The molecule has 0 bridgehead atoms. The average Bonchev–Trinajstić information content (AvgIpc) is 3.80. The van der Waals surface area contributed by atoms with Crippen molar-refractivity contribution >= 4 is 26.6 Å². The van der Waals surface area contributed by atoms with Gasteiger partial charge in [-0.2, -0.15) is 0 Å². The molecule has 1 aliphatic heterocycles. The molecule has 3 aromatic rings. The minimum Gasteiger partial charge on any atom is -0.378 e. The lowest BCUT2D eigenvalue weighted by atomic mass is 9.45. The molecule has 9 rings (SSSR count). The van der Waals surface area contributed by atoms with Crippen LogP contribution in [-0.2, 0) is 30.5 Å². The SMILES string of the molecule is C[C@@H]1COCCN1c1cc(C2(S(C)(=N)=O)CC2)nc(-c2ccnc3c2ccn3CCCCCO[C@H]2CC[C@H]3[C@@H]4CC[C@H]5CC(F)(F)CC[C@]5(C)[C@H]4CC[C@]23C)n1. The number of halogens is 2. The number of hydrogen-bond acceptors (Lipinski definition) is 8. The minimum atomic E-state index is -2.86. The summed E-state index contributed by atoms with van der Waals surface area (Å²) in [5.41, 5.74) is 2.79. The Morgan fingerprint density at radius 3 is 2.59 bits per heavy atom. The van der Waals surface area contributed by atoms with Crippen LogP contribution in [0.4, 0.5) is 14.6 Å². The topological polar surface area (TPSA) is 106 Å². The Hall–Kier alpha value is -2.70. The van der Waals surface area contributed by atoms with E-state index >= 15 is 0 Å². The lowest BCUT2D eigenvalue weighted by Crippen LogP contribution is -2.55. The first-order chi connectivity index (χ1) is 26.7. The first-order valence-electron chi connectivity index (χ1n) is 21.6. The number of morpholine rings is 1. The lowest BCUT2D eigenvalue weighted by molar-refractivity contribution is -0.169. The number of nitrogens with zero attached hydrogens (tertiary/aromatic N) is 5. The number of rotatable bonds is 11. The number of pyridine rings is 1. The highest BCUT2D eigenvalue weighted by molar-refractivity contribution is 7.93.